The molecule has 2 heterocycles. The minimum atomic E-state index is -0.0843. The van der Waals surface area contributed by atoms with E-state index in [0.717, 1.165) is 12.8 Å². The van der Waals surface area contributed by atoms with Gasteiger partial charge in [-0.15, -0.1) is 10.2 Å². The van der Waals surface area contributed by atoms with E-state index in [1.165, 1.54) is 6.20 Å². The molecule has 0 atom stereocenters. The molecular formula is C16H19N5O2. The number of hydrogen-bond acceptors (Lipinski definition) is 7. The first-order valence-corrected chi connectivity index (χ1v) is 7.47. The zero-order valence-corrected chi connectivity index (χ0v) is 13.5. The smallest absolute Gasteiger partial charge is 0.253 e. The zero-order chi connectivity index (χ0) is 16.5. The molecule has 1 aliphatic rings. The lowest BCUT2D eigenvalue weighted by Gasteiger charge is -2.50. The maximum Gasteiger partial charge on any atom is 0.253 e. The van der Waals surface area contributed by atoms with Gasteiger partial charge in [0.15, 0.2) is 6.61 Å². The van der Waals surface area contributed by atoms with E-state index in [-0.39, 0.29) is 17.6 Å². The van der Waals surface area contributed by atoms with Crippen LogP contribution in [0, 0.1) is 11.3 Å². The monoisotopic (exact) mass is 313 g/mol. The maximum atomic E-state index is 8.71. The fourth-order valence-corrected chi connectivity index (χ4v) is 3.23. The van der Waals surface area contributed by atoms with Gasteiger partial charge in [-0.25, -0.2) is 4.98 Å². The molecule has 0 spiro atoms. The maximum absolute atomic E-state index is 8.71. The number of ether oxygens (including phenoxy) is 1. The van der Waals surface area contributed by atoms with Crippen molar-refractivity contribution < 1.29 is 9.15 Å². The number of nitrogens with one attached hydrogen (secondary N) is 1. The van der Waals surface area contributed by atoms with E-state index in [9.17, 15) is 0 Å². The Hall–Kier alpha value is -2.46. The normalized spacial score (nSPS) is 26.3. The van der Waals surface area contributed by atoms with Crippen LogP contribution in [0.25, 0.3) is 0 Å². The number of aromatic nitrogens is 3. The van der Waals surface area contributed by atoms with E-state index in [1.807, 2.05) is 13.1 Å². The van der Waals surface area contributed by atoms with Crippen LogP contribution in [-0.2, 0) is 12.0 Å². The van der Waals surface area contributed by atoms with Crippen LogP contribution in [0.1, 0.15) is 44.2 Å². The molecule has 120 valence electrons. The molecule has 7 nitrogen and oxygen atoms in total. The van der Waals surface area contributed by atoms with Gasteiger partial charge in [0, 0.05) is 11.0 Å². The molecule has 3 rings (SSSR count). The molecule has 0 saturated heterocycles. The summed E-state index contributed by atoms with van der Waals surface area (Å²) in [5, 5.41) is 20.2. The Morgan fingerprint density at radius 2 is 2.13 bits per heavy atom. The minimum Gasteiger partial charge on any atom is -0.482 e. The van der Waals surface area contributed by atoms with Gasteiger partial charge < -0.3 is 14.5 Å². The van der Waals surface area contributed by atoms with Crippen LogP contribution >= 0.6 is 0 Å². The molecule has 0 aliphatic heterocycles. The van der Waals surface area contributed by atoms with Gasteiger partial charge in [0.05, 0.1) is 6.20 Å². The first kappa shape index (κ1) is 15.4. The van der Waals surface area contributed by atoms with E-state index in [4.69, 9.17) is 14.4 Å². The molecule has 1 saturated carbocycles. The summed E-state index contributed by atoms with van der Waals surface area (Å²) in [6, 6.07) is 5.25. The van der Waals surface area contributed by atoms with Crippen molar-refractivity contribution in [2.75, 3.05) is 7.05 Å². The molecule has 1 N–H and O–H groups in total. The standard InChI is InChI=1S/C16H19N5O2/c1-15(9-16(2,10-15)18-3)14-21-20-13(23-14)8-22-12-5-4-11(6-17)19-7-12/h4-5,7,18H,8-10H2,1-3H3. The van der Waals surface area contributed by atoms with Gasteiger partial charge in [-0.1, -0.05) is 6.92 Å². The number of rotatable bonds is 5. The Morgan fingerprint density at radius 1 is 1.35 bits per heavy atom. The lowest BCUT2D eigenvalue weighted by atomic mass is 9.59. The van der Waals surface area contributed by atoms with Crippen molar-refractivity contribution in [3.63, 3.8) is 0 Å². The molecule has 0 radical (unpaired) electrons. The summed E-state index contributed by atoms with van der Waals surface area (Å²) in [6.45, 7) is 4.50. The number of nitriles is 1. The predicted octanol–water partition coefficient (Wildman–Crippen LogP) is 1.94. The molecular weight excluding hydrogens is 294 g/mol. The van der Waals surface area contributed by atoms with E-state index >= 15 is 0 Å². The Balaban J connectivity index is 1.61. The highest BCUT2D eigenvalue weighted by molar-refractivity contribution is 5.26. The lowest BCUT2D eigenvalue weighted by molar-refractivity contribution is 0.0786. The third kappa shape index (κ3) is 3.03. The SMILES string of the molecule is CNC1(C)CC(C)(c2nnc(COc3ccc(C#N)nc3)o2)C1. The van der Waals surface area contributed by atoms with Crippen molar-refractivity contribution in [3.8, 4) is 11.8 Å². The third-order valence-corrected chi connectivity index (χ3v) is 4.36. The molecule has 0 bridgehead atoms. The van der Waals surface area contributed by atoms with Gasteiger partial charge in [0.25, 0.3) is 5.89 Å². The summed E-state index contributed by atoms with van der Waals surface area (Å²) >= 11 is 0. The van der Waals surface area contributed by atoms with Gasteiger partial charge in [0.1, 0.15) is 17.5 Å². The van der Waals surface area contributed by atoms with Crippen molar-refractivity contribution in [2.45, 2.75) is 44.2 Å². The van der Waals surface area contributed by atoms with Crippen LogP contribution < -0.4 is 10.1 Å². The topological polar surface area (TPSA) is 96.9 Å². The summed E-state index contributed by atoms with van der Waals surface area (Å²) < 4.78 is 11.3. The highest BCUT2D eigenvalue weighted by atomic mass is 16.5. The van der Waals surface area contributed by atoms with Crippen molar-refractivity contribution in [1.82, 2.24) is 20.5 Å². The molecule has 2 aromatic rings. The van der Waals surface area contributed by atoms with E-state index in [2.05, 4.69) is 34.3 Å². The Morgan fingerprint density at radius 3 is 2.74 bits per heavy atom. The van der Waals surface area contributed by atoms with E-state index in [0.29, 0.717) is 23.2 Å². The van der Waals surface area contributed by atoms with Crippen molar-refractivity contribution in [2.24, 2.45) is 0 Å². The minimum absolute atomic E-state index is 0.0843. The molecule has 7 heteroatoms. The highest BCUT2D eigenvalue weighted by Gasteiger charge is 2.52. The Bertz CT molecular complexity index is 726. The molecule has 2 aromatic heterocycles. The summed E-state index contributed by atoms with van der Waals surface area (Å²) in [7, 11) is 1.97. The van der Waals surface area contributed by atoms with Crippen LogP contribution in [0.2, 0.25) is 0 Å². The van der Waals surface area contributed by atoms with Crippen molar-refractivity contribution in [3.05, 3.63) is 35.8 Å². The van der Waals surface area contributed by atoms with Gasteiger partial charge in [-0.2, -0.15) is 5.26 Å². The average Bonchev–Trinajstić information content (AvgIpc) is 3.01. The van der Waals surface area contributed by atoms with Gasteiger partial charge >= 0.3 is 0 Å². The second-order valence-corrected chi connectivity index (χ2v) is 6.51. The molecule has 1 aliphatic carbocycles. The number of pyridine rings is 1. The molecule has 23 heavy (non-hydrogen) atoms. The number of hydrogen-bond donors (Lipinski definition) is 1. The molecule has 0 unspecified atom stereocenters. The summed E-state index contributed by atoms with van der Waals surface area (Å²) in [5.41, 5.74) is 0.399. The summed E-state index contributed by atoms with van der Waals surface area (Å²) in [4.78, 5) is 3.94. The van der Waals surface area contributed by atoms with Gasteiger partial charge in [0.2, 0.25) is 5.89 Å². The third-order valence-electron chi connectivity index (χ3n) is 4.36. The summed E-state index contributed by atoms with van der Waals surface area (Å²) in [6.07, 6.45) is 3.42. The molecule has 0 amide bonds. The fraction of sp³-hybridized carbons (Fsp3) is 0.500. The molecule has 1 fully saturated rings. The second-order valence-electron chi connectivity index (χ2n) is 6.51. The Kier molecular flexibility index (Phi) is 3.78. The van der Waals surface area contributed by atoms with Crippen LogP contribution in [0.4, 0.5) is 0 Å². The van der Waals surface area contributed by atoms with Crippen LogP contribution in [0.5, 0.6) is 5.75 Å². The molecule has 0 aromatic carbocycles. The van der Waals surface area contributed by atoms with Crippen molar-refractivity contribution >= 4 is 0 Å². The largest absolute Gasteiger partial charge is 0.482 e. The fourth-order valence-electron chi connectivity index (χ4n) is 3.23. The van der Waals surface area contributed by atoms with E-state index < -0.39 is 0 Å². The van der Waals surface area contributed by atoms with Gasteiger partial charge in [-0.05, 0) is 38.9 Å². The Labute approximate surface area is 134 Å². The van der Waals surface area contributed by atoms with Gasteiger partial charge in [-0.3, -0.25) is 0 Å². The number of nitrogens with zero attached hydrogens (tertiary/aromatic N) is 4. The van der Waals surface area contributed by atoms with Crippen LogP contribution in [-0.4, -0.2) is 27.8 Å². The zero-order valence-electron chi connectivity index (χ0n) is 13.5. The first-order valence-electron chi connectivity index (χ1n) is 7.47. The highest BCUT2D eigenvalue weighted by Crippen LogP contribution is 2.49. The van der Waals surface area contributed by atoms with Crippen LogP contribution in [0.3, 0.4) is 0 Å². The van der Waals surface area contributed by atoms with Crippen molar-refractivity contribution in [1.29, 1.82) is 5.26 Å². The summed E-state index contributed by atoms with van der Waals surface area (Å²) in [5.74, 6) is 1.65. The second kappa shape index (κ2) is 5.63. The van der Waals surface area contributed by atoms with E-state index in [1.54, 1.807) is 12.1 Å². The first-order chi connectivity index (χ1) is 11.0. The lowest BCUT2D eigenvalue weighted by Crippen LogP contribution is -2.58. The quantitative estimate of drug-likeness (QED) is 0.901. The van der Waals surface area contributed by atoms with Crippen LogP contribution in [0.15, 0.2) is 22.7 Å². The predicted molar refractivity (Wildman–Crippen MR) is 81.6 cm³/mol. The average molecular weight is 313 g/mol.